The third kappa shape index (κ3) is 4.67. The molecule has 0 saturated carbocycles. The molecule has 2 N–H and O–H groups in total. The molecule has 6 nitrogen and oxygen atoms in total. The summed E-state index contributed by atoms with van der Waals surface area (Å²) >= 11 is 0. The van der Waals surface area contributed by atoms with E-state index < -0.39 is 5.97 Å². The van der Waals surface area contributed by atoms with Crippen molar-refractivity contribution in [1.82, 2.24) is 10.3 Å². The zero-order valence-corrected chi connectivity index (χ0v) is 15.4. The predicted molar refractivity (Wildman–Crippen MR) is 103 cm³/mol. The Morgan fingerprint density at radius 2 is 1.93 bits per heavy atom. The number of carbonyl (C=O) groups is 2. The van der Waals surface area contributed by atoms with E-state index in [-0.39, 0.29) is 12.5 Å². The molecule has 0 unspecified atom stereocenters. The van der Waals surface area contributed by atoms with Crippen molar-refractivity contribution in [3.63, 3.8) is 0 Å². The third-order valence-electron chi connectivity index (χ3n) is 4.16. The SMILES string of the molecule is Cc1ccc(OCCNC(=O)COC(=O)c2c[nH]c3ccccc23)c(C)c1. The molecular formula is C21H22N2O4. The summed E-state index contributed by atoms with van der Waals surface area (Å²) < 4.78 is 10.7. The number of aromatic amines is 1. The van der Waals surface area contributed by atoms with Gasteiger partial charge in [-0.05, 0) is 31.5 Å². The maximum atomic E-state index is 12.2. The lowest BCUT2D eigenvalue weighted by Crippen LogP contribution is -2.32. The molecule has 1 heterocycles. The minimum absolute atomic E-state index is 0.330. The van der Waals surface area contributed by atoms with Gasteiger partial charge < -0.3 is 19.8 Å². The zero-order valence-electron chi connectivity index (χ0n) is 15.4. The molecule has 0 aliphatic heterocycles. The minimum Gasteiger partial charge on any atom is -0.491 e. The number of amides is 1. The van der Waals surface area contributed by atoms with E-state index in [4.69, 9.17) is 9.47 Å². The fourth-order valence-electron chi connectivity index (χ4n) is 2.81. The van der Waals surface area contributed by atoms with E-state index in [1.54, 1.807) is 6.20 Å². The number of ether oxygens (including phenoxy) is 2. The van der Waals surface area contributed by atoms with E-state index in [2.05, 4.69) is 10.3 Å². The summed E-state index contributed by atoms with van der Waals surface area (Å²) in [5.74, 6) is -0.109. The maximum absolute atomic E-state index is 12.2. The quantitative estimate of drug-likeness (QED) is 0.497. The Morgan fingerprint density at radius 1 is 1.11 bits per heavy atom. The highest BCUT2D eigenvalue weighted by Gasteiger charge is 2.14. The van der Waals surface area contributed by atoms with Crippen LogP contribution >= 0.6 is 0 Å². The van der Waals surface area contributed by atoms with Crippen molar-refractivity contribution in [2.75, 3.05) is 19.8 Å². The van der Waals surface area contributed by atoms with E-state index in [1.165, 1.54) is 5.56 Å². The summed E-state index contributed by atoms with van der Waals surface area (Å²) in [6.07, 6.45) is 1.59. The molecule has 0 fully saturated rings. The van der Waals surface area contributed by atoms with Crippen LogP contribution in [0.15, 0.2) is 48.7 Å². The lowest BCUT2D eigenvalue weighted by molar-refractivity contribution is -0.124. The van der Waals surface area contributed by atoms with Crippen LogP contribution in [0.4, 0.5) is 0 Å². The summed E-state index contributed by atoms with van der Waals surface area (Å²) in [6, 6.07) is 13.3. The van der Waals surface area contributed by atoms with Gasteiger partial charge in [0.25, 0.3) is 5.91 Å². The number of aryl methyl sites for hydroxylation is 2. The smallest absolute Gasteiger partial charge is 0.340 e. The van der Waals surface area contributed by atoms with Gasteiger partial charge in [-0.25, -0.2) is 4.79 Å². The van der Waals surface area contributed by atoms with Crippen molar-refractivity contribution in [2.24, 2.45) is 0 Å². The maximum Gasteiger partial charge on any atom is 0.340 e. The second kappa shape index (κ2) is 8.40. The number of esters is 1. The molecule has 3 rings (SSSR count). The van der Waals surface area contributed by atoms with E-state index in [0.29, 0.717) is 18.7 Å². The van der Waals surface area contributed by atoms with Crippen molar-refractivity contribution >= 4 is 22.8 Å². The van der Waals surface area contributed by atoms with Crippen LogP contribution in [0.5, 0.6) is 5.75 Å². The molecule has 1 aromatic heterocycles. The van der Waals surface area contributed by atoms with Gasteiger partial charge in [0.05, 0.1) is 12.1 Å². The average molecular weight is 366 g/mol. The normalized spacial score (nSPS) is 10.6. The van der Waals surface area contributed by atoms with Gasteiger partial charge in [0.2, 0.25) is 0 Å². The van der Waals surface area contributed by atoms with Gasteiger partial charge in [0.15, 0.2) is 6.61 Å². The second-order valence-electron chi connectivity index (χ2n) is 6.29. The molecule has 0 aliphatic rings. The average Bonchev–Trinajstić information content (AvgIpc) is 3.09. The highest BCUT2D eigenvalue weighted by molar-refractivity contribution is 6.04. The standard InChI is InChI=1S/C21H22N2O4/c1-14-7-8-19(15(2)11-14)26-10-9-22-20(24)13-27-21(25)17-12-23-18-6-4-3-5-16(17)18/h3-8,11-12,23H,9-10,13H2,1-2H3,(H,22,24). The Hall–Kier alpha value is -3.28. The third-order valence-corrected chi connectivity index (χ3v) is 4.16. The van der Waals surface area contributed by atoms with Gasteiger partial charge in [0, 0.05) is 17.1 Å². The molecule has 0 saturated heterocycles. The number of fused-ring (bicyclic) bond motifs is 1. The Morgan fingerprint density at radius 3 is 2.74 bits per heavy atom. The van der Waals surface area contributed by atoms with Gasteiger partial charge in [-0.15, -0.1) is 0 Å². The lowest BCUT2D eigenvalue weighted by atomic mass is 10.1. The summed E-state index contributed by atoms with van der Waals surface area (Å²) in [4.78, 5) is 27.0. The number of para-hydroxylation sites is 1. The fourth-order valence-corrected chi connectivity index (χ4v) is 2.81. The number of H-pyrrole nitrogens is 1. The van der Waals surface area contributed by atoms with Crippen molar-refractivity contribution in [3.8, 4) is 5.75 Å². The van der Waals surface area contributed by atoms with Crippen molar-refractivity contribution in [3.05, 3.63) is 65.4 Å². The molecule has 0 radical (unpaired) electrons. The summed E-state index contributed by atoms with van der Waals surface area (Å²) in [6.45, 7) is 4.34. The number of nitrogens with one attached hydrogen (secondary N) is 2. The van der Waals surface area contributed by atoms with Gasteiger partial charge in [-0.1, -0.05) is 35.9 Å². The Labute approximate surface area is 157 Å². The van der Waals surface area contributed by atoms with Crippen molar-refractivity contribution < 1.29 is 19.1 Å². The molecule has 0 aliphatic carbocycles. The first-order valence-corrected chi connectivity index (χ1v) is 8.74. The molecule has 0 spiro atoms. The molecule has 0 bridgehead atoms. The molecule has 140 valence electrons. The highest BCUT2D eigenvalue weighted by Crippen LogP contribution is 2.19. The Bertz CT molecular complexity index is 962. The molecule has 3 aromatic rings. The van der Waals surface area contributed by atoms with Crippen LogP contribution < -0.4 is 10.1 Å². The highest BCUT2D eigenvalue weighted by atomic mass is 16.5. The van der Waals surface area contributed by atoms with Crippen LogP contribution in [-0.4, -0.2) is 36.6 Å². The largest absolute Gasteiger partial charge is 0.491 e. The van der Waals surface area contributed by atoms with E-state index in [9.17, 15) is 9.59 Å². The monoisotopic (exact) mass is 366 g/mol. The first kappa shape index (κ1) is 18.5. The number of hydrogen-bond acceptors (Lipinski definition) is 4. The molecule has 27 heavy (non-hydrogen) atoms. The van der Waals surface area contributed by atoms with Gasteiger partial charge >= 0.3 is 5.97 Å². The fraction of sp³-hybridized carbons (Fsp3) is 0.238. The van der Waals surface area contributed by atoms with Gasteiger partial charge in [0.1, 0.15) is 12.4 Å². The minimum atomic E-state index is -0.533. The number of benzene rings is 2. The topological polar surface area (TPSA) is 80.4 Å². The van der Waals surface area contributed by atoms with Crippen molar-refractivity contribution in [1.29, 1.82) is 0 Å². The van der Waals surface area contributed by atoms with E-state index >= 15 is 0 Å². The number of hydrogen-bond donors (Lipinski definition) is 2. The summed E-state index contributed by atoms with van der Waals surface area (Å²) in [5, 5.41) is 3.44. The van der Waals surface area contributed by atoms with Crippen LogP contribution in [0.1, 0.15) is 21.5 Å². The van der Waals surface area contributed by atoms with Crippen LogP contribution in [0.2, 0.25) is 0 Å². The number of aromatic nitrogens is 1. The zero-order chi connectivity index (χ0) is 19.2. The predicted octanol–water partition coefficient (Wildman–Crippen LogP) is 3.14. The summed E-state index contributed by atoms with van der Waals surface area (Å²) in [5.41, 5.74) is 3.48. The molecular weight excluding hydrogens is 344 g/mol. The molecule has 2 aromatic carbocycles. The first-order chi connectivity index (χ1) is 13.0. The lowest BCUT2D eigenvalue weighted by Gasteiger charge is -2.10. The molecule has 1 amide bonds. The summed E-state index contributed by atoms with van der Waals surface area (Å²) in [7, 11) is 0. The van der Waals surface area contributed by atoms with Crippen LogP contribution in [-0.2, 0) is 9.53 Å². The molecule has 6 heteroatoms. The number of rotatable bonds is 7. The Kier molecular flexibility index (Phi) is 5.76. The van der Waals surface area contributed by atoms with Crippen LogP contribution in [0.3, 0.4) is 0 Å². The van der Waals surface area contributed by atoms with Crippen molar-refractivity contribution in [2.45, 2.75) is 13.8 Å². The Balaban J connectivity index is 1.41. The first-order valence-electron chi connectivity index (χ1n) is 8.74. The van der Waals surface area contributed by atoms with Gasteiger partial charge in [-0.2, -0.15) is 0 Å². The van der Waals surface area contributed by atoms with Crippen LogP contribution in [0.25, 0.3) is 10.9 Å². The molecule has 0 atom stereocenters. The number of carbonyl (C=O) groups excluding carboxylic acids is 2. The van der Waals surface area contributed by atoms with Crippen LogP contribution in [0, 0.1) is 13.8 Å². The second-order valence-corrected chi connectivity index (χ2v) is 6.29. The van der Waals surface area contributed by atoms with Gasteiger partial charge in [-0.3, -0.25) is 4.79 Å². The van der Waals surface area contributed by atoms with E-state index in [1.807, 2.05) is 56.3 Å². The van der Waals surface area contributed by atoms with E-state index in [0.717, 1.165) is 22.2 Å².